The van der Waals surface area contributed by atoms with Crippen molar-refractivity contribution in [1.29, 1.82) is 0 Å². The smallest absolute Gasteiger partial charge is 0.243 e. The van der Waals surface area contributed by atoms with Crippen LogP contribution in [0.5, 0.6) is 0 Å². The Morgan fingerprint density at radius 3 is 2.48 bits per heavy atom. The van der Waals surface area contributed by atoms with E-state index in [1.807, 2.05) is 17.5 Å². The van der Waals surface area contributed by atoms with Crippen molar-refractivity contribution in [2.24, 2.45) is 5.92 Å². The van der Waals surface area contributed by atoms with Crippen molar-refractivity contribution in [3.8, 4) is 0 Å². The van der Waals surface area contributed by atoms with Crippen LogP contribution in [-0.2, 0) is 26.2 Å². The lowest BCUT2D eigenvalue weighted by Crippen LogP contribution is -2.32. The molecule has 2 heterocycles. The fraction of sp³-hybridized carbons (Fsp3) is 0.400. The van der Waals surface area contributed by atoms with Crippen LogP contribution in [-0.4, -0.2) is 44.2 Å². The second-order valence-corrected chi connectivity index (χ2v) is 9.76. The molecule has 1 N–H and O–H groups in total. The molecule has 1 unspecified atom stereocenters. The molecular formula is C20H25N3O4S2. The van der Waals surface area contributed by atoms with E-state index in [4.69, 9.17) is 0 Å². The number of thiophene rings is 1. The van der Waals surface area contributed by atoms with Gasteiger partial charge >= 0.3 is 0 Å². The molecule has 156 valence electrons. The summed E-state index contributed by atoms with van der Waals surface area (Å²) in [6.07, 6.45) is 0.149. The van der Waals surface area contributed by atoms with Crippen molar-refractivity contribution in [3.63, 3.8) is 0 Å². The molecule has 1 aliphatic heterocycles. The highest BCUT2D eigenvalue weighted by atomic mass is 32.2. The third-order valence-corrected chi connectivity index (χ3v) is 7.94. The number of carbonyl (C=O) groups excluding carboxylic acids is 2. The van der Waals surface area contributed by atoms with Gasteiger partial charge in [-0.1, -0.05) is 19.9 Å². The molecule has 1 fully saturated rings. The normalized spacial score (nSPS) is 17.1. The summed E-state index contributed by atoms with van der Waals surface area (Å²) in [7, 11) is -3.54. The summed E-state index contributed by atoms with van der Waals surface area (Å²) in [4.78, 5) is 27.6. The molecule has 1 aromatic heterocycles. The van der Waals surface area contributed by atoms with Gasteiger partial charge in [0.2, 0.25) is 21.8 Å². The van der Waals surface area contributed by atoms with Gasteiger partial charge in [0.15, 0.2) is 0 Å². The number of nitrogens with one attached hydrogen (secondary N) is 1. The summed E-state index contributed by atoms with van der Waals surface area (Å²) >= 11 is 1.57. The zero-order chi connectivity index (χ0) is 21.0. The van der Waals surface area contributed by atoms with Crippen LogP contribution in [0.4, 0.5) is 5.69 Å². The zero-order valence-electron chi connectivity index (χ0n) is 16.5. The summed E-state index contributed by atoms with van der Waals surface area (Å²) in [5.41, 5.74) is 0.599. The molecule has 0 bridgehead atoms. The number of hydrogen-bond acceptors (Lipinski definition) is 5. The van der Waals surface area contributed by atoms with E-state index in [2.05, 4.69) is 5.32 Å². The van der Waals surface area contributed by atoms with Crippen LogP contribution in [0.2, 0.25) is 0 Å². The first-order valence-electron chi connectivity index (χ1n) is 9.57. The molecule has 0 spiro atoms. The first-order chi connectivity index (χ1) is 13.9. The van der Waals surface area contributed by atoms with Crippen LogP contribution in [0.3, 0.4) is 0 Å². The van der Waals surface area contributed by atoms with Gasteiger partial charge in [-0.25, -0.2) is 8.42 Å². The van der Waals surface area contributed by atoms with Crippen LogP contribution >= 0.6 is 11.3 Å². The van der Waals surface area contributed by atoms with Gasteiger partial charge in [-0.15, -0.1) is 11.3 Å². The Morgan fingerprint density at radius 1 is 1.21 bits per heavy atom. The van der Waals surface area contributed by atoms with Gasteiger partial charge in [0.05, 0.1) is 17.4 Å². The van der Waals surface area contributed by atoms with E-state index in [0.717, 1.165) is 4.88 Å². The van der Waals surface area contributed by atoms with E-state index < -0.39 is 15.9 Å². The molecule has 9 heteroatoms. The van der Waals surface area contributed by atoms with E-state index >= 15 is 0 Å². The molecule has 3 rings (SSSR count). The molecule has 7 nitrogen and oxygen atoms in total. The van der Waals surface area contributed by atoms with Gasteiger partial charge in [-0.2, -0.15) is 4.31 Å². The average molecular weight is 436 g/mol. The van der Waals surface area contributed by atoms with Crippen LogP contribution < -0.4 is 10.2 Å². The second kappa shape index (κ2) is 9.06. The third kappa shape index (κ3) is 4.68. The van der Waals surface area contributed by atoms with Crippen molar-refractivity contribution in [1.82, 2.24) is 9.62 Å². The monoisotopic (exact) mass is 435 g/mol. The quantitative estimate of drug-likeness (QED) is 0.690. The molecular weight excluding hydrogens is 410 g/mol. The highest BCUT2D eigenvalue weighted by molar-refractivity contribution is 7.89. The van der Waals surface area contributed by atoms with E-state index in [1.165, 1.54) is 16.4 Å². The lowest BCUT2D eigenvalue weighted by Gasteiger charge is -2.20. The maximum absolute atomic E-state index is 12.6. The number of hydrogen-bond donors (Lipinski definition) is 1. The number of sulfonamides is 1. The summed E-state index contributed by atoms with van der Waals surface area (Å²) in [5.74, 6) is -0.697. The molecule has 2 amide bonds. The summed E-state index contributed by atoms with van der Waals surface area (Å²) in [6, 6.07) is 10.2. The standard InChI is InChI=1S/C20H25N3O4S2/c1-3-22(4-2)29(26,27)18-9-7-16(8-10-18)23-14-15(12-19(23)24)20(25)21-13-17-6-5-11-28-17/h5-11,15H,3-4,12-14H2,1-2H3,(H,21,25). The summed E-state index contributed by atoms with van der Waals surface area (Å²) in [5, 5.41) is 4.83. The predicted molar refractivity (Wildman–Crippen MR) is 113 cm³/mol. The van der Waals surface area contributed by atoms with Crippen molar-refractivity contribution in [3.05, 3.63) is 46.7 Å². The predicted octanol–water partition coefficient (Wildman–Crippen LogP) is 2.45. The number of anilines is 1. The lowest BCUT2D eigenvalue weighted by molar-refractivity contribution is -0.126. The fourth-order valence-corrected chi connectivity index (χ4v) is 5.48. The molecule has 1 atom stereocenters. The van der Waals surface area contributed by atoms with E-state index in [-0.39, 0.29) is 29.7 Å². The van der Waals surface area contributed by atoms with Gasteiger partial charge < -0.3 is 10.2 Å². The zero-order valence-corrected chi connectivity index (χ0v) is 18.1. The Morgan fingerprint density at radius 2 is 1.90 bits per heavy atom. The van der Waals surface area contributed by atoms with Crippen LogP contribution in [0, 0.1) is 5.92 Å². The lowest BCUT2D eigenvalue weighted by atomic mass is 10.1. The van der Waals surface area contributed by atoms with E-state index in [1.54, 1.807) is 42.2 Å². The van der Waals surface area contributed by atoms with Crippen molar-refractivity contribution in [2.45, 2.75) is 31.7 Å². The molecule has 29 heavy (non-hydrogen) atoms. The second-order valence-electron chi connectivity index (χ2n) is 6.79. The molecule has 1 aliphatic rings. The Bertz CT molecular complexity index is 952. The topological polar surface area (TPSA) is 86.8 Å². The molecule has 0 aliphatic carbocycles. The number of nitrogens with zero attached hydrogens (tertiary/aromatic N) is 2. The van der Waals surface area contributed by atoms with Crippen molar-refractivity contribution >= 4 is 38.9 Å². The van der Waals surface area contributed by atoms with Crippen molar-refractivity contribution in [2.75, 3.05) is 24.5 Å². The number of benzene rings is 1. The first-order valence-corrected chi connectivity index (χ1v) is 11.9. The van der Waals surface area contributed by atoms with Gasteiger partial charge in [0, 0.05) is 36.6 Å². The number of rotatable bonds is 8. The molecule has 1 saturated heterocycles. The first kappa shape index (κ1) is 21.5. The Balaban J connectivity index is 1.66. The minimum atomic E-state index is -3.54. The van der Waals surface area contributed by atoms with Crippen LogP contribution in [0.1, 0.15) is 25.1 Å². The van der Waals surface area contributed by atoms with Gasteiger partial charge in [-0.3, -0.25) is 9.59 Å². The fourth-order valence-electron chi connectivity index (χ4n) is 3.38. The molecule has 2 aromatic rings. The number of carbonyl (C=O) groups is 2. The van der Waals surface area contributed by atoms with Gasteiger partial charge in [0.25, 0.3) is 0 Å². The summed E-state index contributed by atoms with van der Waals surface area (Å²) < 4.78 is 26.6. The number of amides is 2. The Labute approximate surface area is 175 Å². The average Bonchev–Trinajstić information content (AvgIpc) is 3.36. The Hall–Kier alpha value is -2.23. The van der Waals surface area contributed by atoms with Crippen molar-refractivity contribution < 1.29 is 18.0 Å². The third-order valence-electron chi connectivity index (χ3n) is 5.00. The minimum absolute atomic E-state index is 0.138. The van der Waals surface area contributed by atoms with Crippen LogP contribution in [0.25, 0.3) is 0 Å². The largest absolute Gasteiger partial charge is 0.351 e. The highest BCUT2D eigenvalue weighted by Crippen LogP contribution is 2.27. The Kier molecular flexibility index (Phi) is 6.71. The van der Waals surface area contributed by atoms with Crippen LogP contribution in [0.15, 0.2) is 46.7 Å². The SMILES string of the molecule is CCN(CC)S(=O)(=O)c1ccc(N2CC(C(=O)NCc3cccs3)CC2=O)cc1. The molecule has 0 saturated carbocycles. The summed E-state index contributed by atoms with van der Waals surface area (Å²) in [6.45, 7) is 5.13. The highest BCUT2D eigenvalue weighted by Gasteiger charge is 2.35. The van der Waals surface area contributed by atoms with E-state index in [9.17, 15) is 18.0 Å². The maximum atomic E-state index is 12.6. The maximum Gasteiger partial charge on any atom is 0.243 e. The minimum Gasteiger partial charge on any atom is -0.351 e. The van der Waals surface area contributed by atoms with Gasteiger partial charge in [-0.05, 0) is 35.7 Å². The van der Waals surface area contributed by atoms with Gasteiger partial charge in [0.1, 0.15) is 0 Å². The molecule has 0 radical (unpaired) electrons. The van der Waals surface area contributed by atoms with E-state index in [0.29, 0.717) is 25.3 Å². The molecule has 1 aromatic carbocycles.